The third-order valence-electron chi connectivity index (χ3n) is 2.58. The van der Waals surface area contributed by atoms with Gasteiger partial charge in [-0.2, -0.15) is 0 Å². The van der Waals surface area contributed by atoms with Crippen molar-refractivity contribution in [3.05, 3.63) is 54.1 Å². The van der Waals surface area contributed by atoms with Crippen molar-refractivity contribution in [3.63, 3.8) is 0 Å². The van der Waals surface area contributed by atoms with E-state index in [-0.39, 0.29) is 5.91 Å². The average Bonchev–Trinajstić information content (AvgIpc) is 2.42. The van der Waals surface area contributed by atoms with Crippen LogP contribution in [0.4, 0.5) is 5.69 Å². The van der Waals surface area contributed by atoms with Crippen molar-refractivity contribution in [2.24, 2.45) is 0 Å². The molecule has 0 aliphatic rings. The number of amides is 1. The van der Waals surface area contributed by atoms with E-state index in [0.717, 1.165) is 9.79 Å². The molecule has 0 saturated carbocycles. The molecule has 2 aromatic rings. The number of benzene rings is 2. The zero-order valence-corrected chi connectivity index (χ0v) is 11.5. The number of hydrogen-bond donors (Lipinski definition) is 2. The van der Waals surface area contributed by atoms with E-state index in [4.69, 9.17) is 5.73 Å². The number of anilines is 1. The quantitative estimate of drug-likeness (QED) is 0.841. The molecule has 0 unspecified atom stereocenters. The van der Waals surface area contributed by atoms with Crippen molar-refractivity contribution in [1.82, 2.24) is 5.32 Å². The number of nitrogens with one attached hydrogen (secondary N) is 1. The van der Waals surface area contributed by atoms with Gasteiger partial charge in [-0.3, -0.25) is 4.79 Å². The first kappa shape index (κ1) is 13.5. The first-order chi connectivity index (χ1) is 9.20. The fraction of sp³-hybridized carbons (Fsp3) is 0.133. The highest BCUT2D eigenvalue weighted by Crippen LogP contribution is 2.32. The Morgan fingerprint density at radius 2 is 1.95 bits per heavy atom. The van der Waals surface area contributed by atoms with Gasteiger partial charge < -0.3 is 11.1 Å². The van der Waals surface area contributed by atoms with E-state index in [0.29, 0.717) is 17.8 Å². The summed E-state index contributed by atoms with van der Waals surface area (Å²) in [5, 5.41) is 2.78. The maximum Gasteiger partial charge on any atom is 0.251 e. The van der Waals surface area contributed by atoms with E-state index < -0.39 is 0 Å². The normalized spacial score (nSPS) is 10.2. The van der Waals surface area contributed by atoms with Gasteiger partial charge in [0.2, 0.25) is 0 Å². The molecule has 0 fully saturated rings. The van der Waals surface area contributed by atoms with Crippen LogP contribution in [0.25, 0.3) is 0 Å². The minimum absolute atomic E-state index is 0.0718. The summed E-state index contributed by atoms with van der Waals surface area (Å²) >= 11 is 1.56. The minimum Gasteiger partial charge on any atom is -0.398 e. The van der Waals surface area contributed by atoms with Gasteiger partial charge in [-0.1, -0.05) is 30.0 Å². The summed E-state index contributed by atoms with van der Waals surface area (Å²) in [6.07, 6.45) is 0. The first-order valence-corrected chi connectivity index (χ1v) is 6.93. The Balaban J connectivity index is 2.25. The highest BCUT2D eigenvalue weighted by Gasteiger charge is 2.08. The van der Waals surface area contributed by atoms with Gasteiger partial charge in [0.05, 0.1) is 0 Å². The number of hydrogen-bond acceptors (Lipinski definition) is 3. The summed E-state index contributed by atoms with van der Waals surface area (Å²) < 4.78 is 0. The van der Waals surface area contributed by atoms with Gasteiger partial charge in [0.15, 0.2) is 0 Å². The van der Waals surface area contributed by atoms with E-state index in [1.54, 1.807) is 23.9 Å². The Morgan fingerprint density at radius 3 is 2.63 bits per heavy atom. The Hall–Kier alpha value is -1.94. The Morgan fingerprint density at radius 1 is 1.21 bits per heavy atom. The average molecular weight is 272 g/mol. The fourth-order valence-electron chi connectivity index (χ4n) is 1.64. The molecule has 2 rings (SSSR count). The van der Waals surface area contributed by atoms with Crippen LogP contribution in [-0.2, 0) is 0 Å². The van der Waals surface area contributed by atoms with Crippen LogP contribution < -0.4 is 11.1 Å². The molecule has 0 aliphatic carbocycles. The molecule has 1 amide bonds. The molecule has 0 radical (unpaired) electrons. The summed E-state index contributed by atoms with van der Waals surface area (Å²) in [5.74, 6) is -0.0718. The van der Waals surface area contributed by atoms with Gasteiger partial charge in [-0.25, -0.2) is 0 Å². The van der Waals surface area contributed by atoms with Crippen LogP contribution in [0.15, 0.2) is 58.3 Å². The lowest BCUT2D eigenvalue weighted by Crippen LogP contribution is -2.22. The molecule has 2 aromatic carbocycles. The second-order valence-corrected chi connectivity index (χ2v) is 5.14. The SMILES string of the molecule is CCNC(=O)c1ccc(N)c(Sc2ccccc2)c1. The summed E-state index contributed by atoms with van der Waals surface area (Å²) in [7, 11) is 0. The third kappa shape index (κ3) is 3.51. The van der Waals surface area contributed by atoms with Crippen molar-refractivity contribution >= 4 is 23.4 Å². The molecule has 0 saturated heterocycles. The van der Waals surface area contributed by atoms with Gasteiger partial charge in [0.1, 0.15) is 0 Å². The molecule has 98 valence electrons. The largest absolute Gasteiger partial charge is 0.398 e. The summed E-state index contributed by atoms with van der Waals surface area (Å²) in [5.41, 5.74) is 7.27. The van der Waals surface area contributed by atoms with Crippen LogP contribution in [0.5, 0.6) is 0 Å². The lowest BCUT2D eigenvalue weighted by atomic mass is 10.2. The molecule has 0 spiro atoms. The minimum atomic E-state index is -0.0718. The van der Waals surface area contributed by atoms with Crippen LogP contribution in [0, 0.1) is 0 Å². The van der Waals surface area contributed by atoms with E-state index in [1.807, 2.05) is 43.3 Å². The zero-order valence-electron chi connectivity index (χ0n) is 10.7. The first-order valence-electron chi connectivity index (χ1n) is 6.11. The second-order valence-electron chi connectivity index (χ2n) is 4.03. The second kappa shape index (κ2) is 6.29. The molecular weight excluding hydrogens is 256 g/mol. The van der Waals surface area contributed by atoms with E-state index in [2.05, 4.69) is 5.32 Å². The molecule has 0 atom stereocenters. The maximum absolute atomic E-state index is 11.8. The number of carbonyl (C=O) groups is 1. The molecular formula is C15H16N2OS. The molecule has 0 aromatic heterocycles. The Kier molecular flexibility index (Phi) is 4.47. The smallest absolute Gasteiger partial charge is 0.251 e. The molecule has 3 nitrogen and oxygen atoms in total. The third-order valence-corrected chi connectivity index (χ3v) is 3.67. The van der Waals surface area contributed by atoms with Crippen LogP contribution in [0.3, 0.4) is 0 Å². The Labute approximate surface area is 117 Å². The van der Waals surface area contributed by atoms with Gasteiger partial charge in [-0.15, -0.1) is 0 Å². The van der Waals surface area contributed by atoms with Crippen molar-refractivity contribution in [2.75, 3.05) is 12.3 Å². The van der Waals surface area contributed by atoms with Gasteiger partial charge in [0.25, 0.3) is 5.91 Å². The number of carbonyl (C=O) groups excluding carboxylic acids is 1. The molecule has 19 heavy (non-hydrogen) atoms. The van der Waals surface area contributed by atoms with Crippen molar-refractivity contribution in [1.29, 1.82) is 0 Å². The lowest BCUT2D eigenvalue weighted by molar-refractivity contribution is 0.0955. The Bertz CT molecular complexity index is 570. The predicted molar refractivity (Wildman–Crippen MR) is 79.4 cm³/mol. The van der Waals surface area contributed by atoms with Crippen molar-refractivity contribution in [3.8, 4) is 0 Å². The maximum atomic E-state index is 11.8. The van der Waals surface area contributed by atoms with Crippen LogP contribution in [0.2, 0.25) is 0 Å². The van der Waals surface area contributed by atoms with E-state index >= 15 is 0 Å². The predicted octanol–water partition coefficient (Wildman–Crippen LogP) is 3.17. The summed E-state index contributed by atoms with van der Waals surface area (Å²) in [6.45, 7) is 2.51. The van der Waals surface area contributed by atoms with E-state index in [1.165, 1.54) is 0 Å². The van der Waals surface area contributed by atoms with Crippen molar-refractivity contribution in [2.45, 2.75) is 16.7 Å². The summed E-state index contributed by atoms with van der Waals surface area (Å²) in [6, 6.07) is 15.3. The molecule has 0 aliphatic heterocycles. The van der Waals surface area contributed by atoms with E-state index in [9.17, 15) is 4.79 Å². The highest BCUT2D eigenvalue weighted by molar-refractivity contribution is 7.99. The van der Waals surface area contributed by atoms with Crippen LogP contribution in [-0.4, -0.2) is 12.5 Å². The fourth-order valence-corrected chi connectivity index (χ4v) is 2.56. The summed E-state index contributed by atoms with van der Waals surface area (Å²) in [4.78, 5) is 13.8. The zero-order chi connectivity index (χ0) is 13.7. The highest BCUT2D eigenvalue weighted by atomic mass is 32.2. The number of nitrogens with two attached hydrogens (primary N) is 1. The standard InChI is InChI=1S/C15H16N2OS/c1-2-17-15(18)11-8-9-13(16)14(10-11)19-12-6-4-3-5-7-12/h3-10H,2,16H2,1H3,(H,17,18). The molecule has 3 N–H and O–H groups in total. The molecule has 0 bridgehead atoms. The topological polar surface area (TPSA) is 55.1 Å². The van der Waals surface area contributed by atoms with Crippen LogP contribution >= 0.6 is 11.8 Å². The van der Waals surface area contributed by atoms with Gasteiger partial charge >= 0.3 is 0 Å². The molecule has 4 heteroatoms. The van der Waals surface area contributed by atoms with Crippen LogP contribution in [0.1, 0.15) is 17.3 Å². The molecule has 0 heterocycles. The monoisotopic (exact) mass is 272 g/mol. The number of rotatable bonds is 4. The van der Waals surface area contributed by atoms with Gasteiger partial charge in [0, 0.05) is 27.6 Å². The number of nitrogen functional groups attached to an aromatic ring is 1. The van der Waals surface area contributed by atoms with Crippen molar-refractivity contribution < 1.29 is 4.79 Å². The van der Waals surface area contributed by atoms with Gasteiger partial charge in [-0.05, 0) is 37.3 Å². The lowest BCUT2D eigenvalue weighted by Gasteiger charge is -2.08.